The molecule has 1 aromatic rings. The Kier molecular flexibility index (Phi) is 8.93. The summed E-state index contributed by atoms with van der Waals surface area (Å²) in [6.07, 6.45) is 7.83. The fourth-order valence-corrected chi connectivity index (χ4v) is 2.04. The zero-order valence-electron chi connectivity index (χ0n) is 13.1. The van der Waals surface area contributed by atoms with Gasteiger partial charge in [-0.3, -0.25) is 0 Å². The van der Waals surface area contributed by atoms with Gasteiger partial charge in [0.2, 0.25) is 0 Å². The van der Waals surface area contributed by atoms with Crippen molar-refractivity contribution < 1.29 is 9.47 Å². The van der Waals surface area contributed by atoms with Crippen LogP contribution in [0.1, 0.15) is 57.9 Å². The quantitative estimate of drug-likeness (QED) is 0.517. The fourth-order valence-electron chi connectivity index (χ4n) is 2.04. The maximum atomic E-state index is 5.88. The van der Waals surface area contributed by atoms with Crippen molar-refractivity contribution in [1.82, 2.24) is 0 Å². The predicted molar refractivity (Wildman–Crippen MR) is 85.5 cm³/mol. The van der Waals surface area contributed by atoms with Gasteiger partial charge in [0.25, 0.3) is 0 Å². The third kappa shape index (κ3) is 6.31. The van der Waals surface area contributed by atoms with Crippen molar-refractivity contribution in [1.29, 1.82) is 0 Å². The molecule has 0 saturated carbocycles. The molecule has 0 N–H and O–H groups in total. The number of benzene rings is 1. The maximum absolute atomic E-state index is 5.88. The van der Waals surface area contributed by atoms with Crippen LogP contribution in [-0.4, -0.2) is 13.2 Å². The summed E-state index contributed by atoms with van der Waals surface area (Å²) in [6, 6.07) is 6.10. The van der Waals surface area contributed by atoms with Crippen molar-refractivity contribution in [2.75, 3.05) is 13.2 Å². The second kappa shape index (κ2) is 10.6. The number of hydrogen-bond acceptors (Lipinski definition) is 2. The molecule has 20 heavy (non-hydrogen) atoms. The van der Waals surface area contributed by atoms with Gasteiger partial charge in [0, 0.05) is 6.07 Å². The van der Waals surface area contributed by atoms with Crippen molar-refractivity contribution >= 4 is 0 Å². The molecule has 0 amide bonds. The Morgan fingerprint density at radius 1 is 0.900 bits per heavy atom. The van der Waals surface area contributed by atoms with Gasteiger partial charge in [-0.05, 0) is 37.8 Å². The summed E-state index contributed by atoms with van der Waals surface area (Å²) in [5.74, 6) is 1.84. The second-order valence-corrected chi connectivity index (χ2v) is 5.13. The SMILES string of the molecule is [CH2]Cc1ccc(OCCCCC)cc1OCCCCC. The highest BCUT2D eigenvalue weighted by molar-refractivity contribution is 5.41. The summed E-state index contributed by atoms with van der Waals surface area (Å²) in [5.41, 5.74) is 1.16. The average molecular weight is 277 g/mol. The Morgan fingerprint density at radius 2 is 1.55 bits per heavy atom. The van der Waals surface area contributed by atoms with Gasteiger partial charge in [-0.25, -0.2) is 0 Å². The normalized spacial score (nSPS) is 10.6. The van der Waals surface area contributed by atoms with Crippen molar-refractivity contribution in [3.8, 4) is 11.5 Å². The van der Waals surface area contributed by atoms with Crippen LogP contribution < -0.4 is 9.47 Å². The molecular formula is C18H29O2. The number of unbranched alkanes of at least 4 members (excludes halogenated alkanes) is 4. The molecule has 0 aliphatic heterocycles. The Bertz CT molecular complexity index is 360. The van der Waals surface area contributed by atoms with Gasteiger partial charge in [-0.1, -0.05) is 45.6 Å². The lowest BCUT2D eigenvalue weighted by atomic mass is 10.1. The molecule has 0 atom stereocenters. The molecule has 0 spiro atoms. The monoisotopic (exact) mass is 277 g/mol. The smallest absolute Gasteiger partial charge is 0.126 e. The van der Waals surface area contributed by atoms with E-state index >= 15 is 0 Å². The number of ether oxygens (including phenoxy) is 2. The highest BCUT2D eigenvalue weighted by atomic mass is 16.5. The van der Waals surface area contributed by atoms with Gasteiger partial charge in [0.1, 0.15) is 11.5 Å². The maximum Gasteiger partial charge on any atom is 0.126 e. The molecule has 2 heteroatoms. The minimum absolute atomic E-state index is 0.749. The first-order chi connectivity index (χ1) is 9.81. The predicted octanol–water partition coefficient (Wildman–Crippen LogP) is 5.20. The van der Waals surface area contributed by atoms with Crippen LogP contribution in [0.4, 0.5) is 0 Å². The van der Waals surface area contributed by atoms with Crippen LogP contribution in [0.3, 0.4) is 0 Å². The van der Waals surface area contributed by atoms with E-state index in [1.165, 1.54) is 25.7 Å². The summed E-state index contributed by atoms with van der Waals surface area (Å²) in [4.78, 5) is 0. The molecule has 1 rings (SSSR count). The van der Waals surface area contributed by atoms with Crippen molar-refractivity contribution in [2.24, 2.45) is 0 Å². The van der Waals surface area contributed by atoms with Crippen molar-refractivity contribution in [3.05, 3.63) is 30.7 Å². The van der Waals surface area contributed by atoms with E-state index in [0.717, 1.165) is 49.5 Å². The van der Waals surface area contributed by atoms with Crippen LogP contribution in [-0.2, 0) is 6.42 Å². The molecular weight excluding hydrogens is 248 g/mol. The second-order valence-electron chi connectivity index (χ2n) is 5.13. The van der Waals surface area contributed by atoms with Crippen LogP contribution in [0.5, 0.6) is 11.5 Å². The average Bonchev–Trinajstić information content (AvgIpc) is 2.48. The lowest BCUT2D eigenvalue weighted by Crippen LogP contribution is -2.02. The molecule has 1 radical (unpaired) electrons. The third-order valence-electron chi connectivity index (χ3n) is 3.33. The highest BCUT2D eigenvalue weighted by Crippen LogP contribution is 2.26. The number of rotatable bonds is 11. The third-order valence-corrected chi connectivity index (χ3v) is 3.33. The summed E-state index contributed by atoms with van der Waals surface area (Å²) >= 11 is 0. The first-order valence-electron chi connectivity index (χ1n) is 7.99. The molecule has 0 bridgehead atoms. The van der Waals surface area contributed by atoms with E-state index < -0.39 is 0 Å². The number of hydrogen-bond donors (Lipinski definition) is 0. The molecule has 0 aliphatic rings. The van der Waals surface area contributed by atoms with Crippen LogP contribution in [0.25, 0.3) is 0 Å². The molecule has 0 heterocycles. The van der Waals surface area contributed by atoms with E-state index in [4.69, 9.17) is 9.47 Å². The van der Waals surface area contributed by atoms with E-state index in [0.29, 0.717) is 0 Å². The summed E-state index contributed by atoms with van der Waals surface area (Å²) in [7, 11) is 0. The van der Waals surface area contributed by atoms with Gasteiger partial charge in [0.05, 0.1) is 13.2 Å². The van der Waals surface area contributed by atoms with E-state index in [1.807, 2.05) is 12.1 Å². The molecule has 0 saturated heterocycles. The first kappa shape index (κ1) is 16.9. The van der Waals surface area contributed by atoms with E-state index in [2.05, 4.69) is 26.8 Å². The van der Waals surface area contributed by atoms with Gasteiger partial charge in [0.15, 0.2) is 0 Å². The van der Waals surface area contributed by atoms with Crippen LogP contribution in [0, 0.1) is 6.92 Å². The molecule has 0 aromatic heterocycles. The van der Waals surface area contributed by atoms with Crippen LogP contribution >= 0.6 is 0 Å². The lowest BCUT2D eigenvalue weighted by Gasteiger charge is -2.13. The van der Waals surface area contributed by atoms with Crippen molar-refractivity contribution in [3.63, 3.8) is 0 Å². The molecule has 0 aliphatic carbocycles. The van der Waals surface area contributed by atoms with Crippen LogP contribution in [0.15, 0.2) is 18.2 Å². The van der Waals surface area contributed by atoms with E-state index in [-0.39, 0.29) is 0 Å². The first-order valence-corrected chi connectivity index (χ1v) is 7.99. The Balaban J connectivity index is 2.51. The highest BCUT2D eigenvalue weighted by Gasteiger charge is 2.05. The lowest BCUT2D eigenvalue weighted by molar-refractivity contribution is 0.290. The van der Waals surface area contributed by atoms with E-state index in [1.54, 1.807) is 0 Å². The molecule has 0 unspecified atom stereocenters. The van der Waals surface area contributed by atoms with Crippen molar-refractivity contribution in [2.45, 2.75) is 58.8 Å². The minimum atomic E-state index is 0.749. The van der Waals surface area contributed by atoms with Gasteiger partial charge < -0.3 is 9.47 Å². The van der Waals surface area contributed by atoms with Crippen LogP contribution in [0.2, 0.25) is 0 Å². The standard InChI is InChI=1S/C18H29O2/c1-4-7-9-13-19-17-12-11-16(6-3)18(15-17)20-14-10-8-5-2/h11-12,15H,3-10,13-14H2,1-2H3. The van der Waals surface area contributed by atoms with Gasteiger partial charge in [-0.15, -0.1) is 0 Å². The zero-order chi connectivity index (χ0) is 14.6. The Labute approximate surface area is 124 Å². The summed E-state index contributed by atoms with van der Waals surface area (Å²) in [5, 5.41) is 0. The molecule has 0 fully saturated rings. The zero-order valence-corrected chi connectivity index (χ0v) is 13.1. The summed E-state index contributed by atoms with van der Waals surface area (Å²) in [6.45, 7) is 9.92. The van der Waals surface area contributed by atoms with Gasteiger partial charge >= 0.3 is 0 Å². The van der Waals surface area contributed by atoms with E-state index in [9.17, 15) is 0 Å². The Morgan fingerprint density at radius 3 is 2.15 bits per heavy atom. The fraction of sp³-hybridized carbons (Fsp3) is 0.611. The Hall–Kier alpha value is -1.18. The molecule has 113 valence electrons. The molecule has 2 nitrogen and oxygen atoms in total. The minimum Gasteiger partial charge on any atom is -0.493 e. The summed E-state index contributed by atoms with van der Waals surface area (Å²) < 4.78 is 11.7. The topological polar surface area (TPSA) is 18.5 Å². The largest absolute Gasteiger partial charge is 0.493 e. The van der Waals surface area contributed by atoms with Gasteiger partial charge in [-0.2, -0.15) is 0 Å². The molecule has 1 aromatic carbocycles.